The van der Waals surface area contributed by atoms with Crippen LogP contribution in [0.5, 0.6) is 0 Å². The summed E-state index contributed by atoms with van der Waals surface area (Å²) < 4.78 is 0. The number of anilines is 1. The van der Waals surface area contributed by atoms with E-state index < -0.39 is 5.41 Å². The van der Waals surface area contributed by atoms with Gasteiger partial charge in [0.1, 0.15) is 0 Å². The van der Waals surface area contributed by atoms with E-state index in [1.165, 1.54) is 0 Å². The van der Waals surface area contributed by atoms with Gasteiger partial charge in [0, 0.05) is 24.3 Å². The number of benzene rings is 2. The monoisotopic (exact) mass is 292 g/mol. The molecule has 1 unspecified atom stereocenters. The van der Waals surface area contributed by atoms with E-state index in [0.29, 0.717) is 25.1 Å². The van der Waals surface area contributed by atoms with Crippen LogP contribution in [-0.2, 0) is 10.2 Å². The van der Waals surface area contributed by atoms with E-state index in [1.807, 2.05) is 54.6 Å². The zero-order valence-corrected chi connectivity index (χ0v) is 12.1. The van der Waals surface area contributed by atoms with Crippen LogP contribution in [0, 0.1) is 0 Å². The number of likely N-dealkylation sites (tertiary alicyclic amines) is 1. The number of nitrogens with one attached hydrogen (secondary N) is 1. The Kier molecular flexibility index (Phi) is 2.79. The Morgan fingerprint density at radius 1 is 1.05 bits per heavy atom. The summed E-state index contributed by atoms with van der Waals surface area (Å²) in [6.07, 6.45) is 0.675. The van der Waals surface area contributed by atoms with Gasteiger partial charge in [-0.25, -0.2) is 0 Å². The highest BCUT2D eigenvalue weighted by Gasteiger charge is 2.51. The fourth-order valence-electron chi connectivity index (χ4n) is 3.53. The molecule has 2 aromatic carbocycles. The summed E-state index contributed by atoms with van der Waals surface area (Å²) in [7, 11) is 0. The van der Waals surface area contributed by atoms with Gasteiger partial charge >= 0.3 is 0 Å². The first-order valence-electron chi connectivity index (χ1n) is 7.46. The number of nitrogens with zero attached hydrogens (tertiary/aromatic N) is 1. The highest BCUT2D eigenvalue weighted by molar-refractivity contribution is 6.07. The van der Waals surface area contributed by atoms with Gasteiger partial charge in [0.15, 0.2) is 0 Å². The third-order valence-corrected chi connectivity index (χ3v) is 4.70. The number of hydrogen-bond acceptors (Lipinski definition) is 2. The number of para-hydroxylation sites is 1. The molecule has 4 heteroatoms. The summed E-state index contributed by atoms with van der Waals surface area (Å²) in [4.78, 5) is 26.9. The Morgan fingerprint density at radius 2 is 1.77 bits per heavy atom. The van der Waals surface area contributed by atoms with E-state index in [9.17, 15) is 9.59 Å². The summed E-state index contributed by atoms with van der Waals surface area (Å²) in [6.45, 7) is 1.05. The van der Waals surface area contributed by atoms with E-state index in [0.717, 1.165) is 11.3 Å². The molecule has 2 heterocycles. The van der Waals surface area contributed by atoms with Crippen molar-refractivity contribution in [1.29, 1.82) is 0 Å². The zero-order chi connectivity index (χ0) is 15.2. The first-order valence-corrected chi connectivity index (χ1v) is 7.46. The first-order chi connectivity index (χ1) is 10.7. The molecule has 1 atom stereocenters. The van der Waals surface area contributed by atoms with Gasteiger partial charge in [-0.1, -0.05) is 36.4 Å². The van der Waals surface area contributed by atoms with E-state index in [-0.39, 0.29) is 11.8 Å². The van der Waals surface area contributed by atoms with Crippen LogP contribution in [0.4, 0.5) is 5.69 Å². The molecule has 110 valence electrons. The van der Waals surface area contributed by atoms with Gasteiger partial charge in [-0.05, 0) is 30.2 Å². The average Bonchev–Trinajstić information content (AvgIpc) is 3.12. The molecule has 4 rings (SSSR count). The van der Waals surface area contributed by atoms with Gasteiger partial charge < -0.3 is 10.2 Å². The SMILES string of the molecule is O=C(c1ccccc1)N1CCC2(C1)C(=O)Nc1ccccc12. The molecule has 0 aliphatic carbocycles. The quantitative estimate of drug-likeness (QED) is 0.877. The minimum atomic E-state index is -0.582. The Balaban J connectivity index is 1.65. The summed E-state index contributed by atoms with van der Waals surface area (Å²) in [5.74, 6) is 0.00622. The molecular formula is C18H16N2O2. The Labute approximate surface area is 128 Å². The number of amides is 2. The largest absolute Gasteiger partial charge is 0.337 e. The third kappa shape index (κ3) is 1.77. The maximum Gasteiger partial charge on any atom is 0.253 e. The lowest BCUT2D eigenvalue weighted by molar-refractivity contribution is -0.120. The zero-order valence-electron chi connectivity index (χ0n) is 12.1. The number of carbonyl (C=O) groups is 2. The highest BCUT2D eigenvalue weighted by Crippen LogP contribution is 2.44. The molecule has 1 saturated heterocycles. The average molecular weight is 292 g/mol. The lowest BCUT2D eigenvalue weighted by Crippen LogP contribution is -2.39. The van der Waals surface area contributed by atoms with Crippen LogP contribution in [0.2, 0.25) is 0 Å². The second-order valence-corrected chi connectivity index (χ2v) is 5.92. The molecule has 1 N–H and O–H groups in total. The molecule has 0 aromatic heterocycles. The molecule has 1 spiro atoms. The molecular weight excluding hydrogens is 276 g/mol. The first kappa shape index (κ1) is 13.1. The van der Waals surface area contributed by atoms with Crippen molar-refractivity contribution < 1.29 is 9.59 Å². The van der Waals surface area contributed by atoms with Gasteiger partial charge in [-0.3, -0.25) is 9.59 Å². The molecule has 2 amide bonds. The molecule has 2 aliphatic rings. The van der Waals surface area contributed by atoms with Crippen LogP contribution in [0.1, 0.15) is 22.3 Å². The van der Waals surface area contributed by atoms with Gasteiger partial charge in [0.2, 0.25) is 5.91 Å². The maximum atomic E-state index is 12.6. The lowest BCUT2D eigenvalue weighted by Gasteiger charge is -2.22. The molecule has 0 saturated carbocycles. The minimum absolute atomic E-state index is 0.00495. The highest BCUT2D eigenvalue weighted by atomic mass is 16.2. The number of carbonyl (C=O) groups excluding carboxylic acids is 2. The van der Waals surface area contributed by atoms with Crippen LogP contribution >= 0.6 is 0 Å². The molecule has 22 heavy (non-hydrogen) atoms. The van der Waals surface area contributed by atoms with Crippen LogP contribution < -0.4 is 5.32 Å². The molecule has 1 fully saturated rings. The van der Waals surface area contributed by atoms with Gasteiger partial charge in [-0.2, -0.15) is 0 Å². The molecule has 0 bridgehead atoms. The minimum Gasteiger partial charge on any atom is -0.337 e. The van der Waals surface area contributed by atoms with Gasteiger partial charge in [0.25, 0.3) is 5.91 Å². The Hall–Kier alpha value is -2.62. The van der Waals surface area contributed by atoms with Crippen molar-refractivity contribution in [2.45, 2.75) is 11.8 Å². The van der Waals surface area contributed by atoms with Crippen LogP contribution in [0.25, 0.3) is 0 Å². The van der Waals surface area contributed by atoms with Crippen molar-refractivity contribution >= 4 is 17.5 Å². The predicted molar refractivity (Wildman–Crippen MR) is 83.7 cm³/mol. The van der Waals surface area contributed by atoms with Gasteiger partial charge in [-0.15, -0.1) is 0 Å². The molecule has 0 radical (unpaired) electrons. The molecule has 4 nitrogen and oxygen atoms in total. The normalized spacial score (nSPS) is 22.7. The fraction of sp³-hybridized carbons (Fsp3) is 0.222. The van der Waals surface area contributed by atoms with Crippen LogP contribution in [0.15, 0.2) is 54.6 Å². The van der Waals surface area contributed by atoms with E-state index in [1.54, 1.807) is 4.90 Å². The third-order valence-electron chi connectivity index (χ3n) is 4.70. The Bertz CT molecular complexity index is 757. The van der Waals surface area contributed by atoms with E-state index in [4.69, 9.17) is 0 Å². The summed E-state index contributed by atoms with van der Waals surface area (Å²) in [6, 6.07) is 17.0. The standard InChI is InChI=1S/C18H16N2O2/c21-16(13-6-2-1-3-7-13)20-11-10-18(12-20)14-8-4-5-9-15(14)19-17(18)22/h1-9H,10-12H2,(H,19,22). The van der Waals surface area contributed by atoms with Crippen LogP contribution in [0.3, 0.4) is 0 Å². The molecule has 2 aliphatic heterocycles. The topological polar surface area (TPSA) is 49.4 Å². The van der Waals surface area contributed by atoms with Crippen molar-refractivity contribution in [3.63, 3.8) is 0 Å². The number of rotatable bonds is 1. The lowest BCUT2D eigenvalue weighted by atomic mass is 9.81. The second-order valence-electron chi connectivity index (χ2n) is 5.92. The summed E-state index contributed by atoms with van der Waals surface area (Å²) in [5.41, 5.74) is 1.98. The fourth-order valence-corrected chi connectivity index (χ4v) is 3.53. The second kappa shape index (κ2) is 4.70. The van der Waals surface area contributed by atoms with Crippen molar-refractivity contribution in [1.82, 2.24) is 4.90 Å². The molecule has 2 aromatic rings. The predicted octanol–water partition coefficient (Wildman–Crippen LogP) is 2.42. The number of hydrogen-bond donors (Lipinski definition) is 1. The van der Waals surface area contributed by atoms with Crippen LogP contribution in [-0.4, -0.2) is 29.8 Å². The summed E-state index contributed by atoms with van der Waals surface area (Å²) in [5, 5.41) is 2.95. The maximum absolute atomic E-state index is 12.6. The van der Waals surface area contributed by atoms with E-state index in [2.05, 4.69) is 5.32 Å². The summed E-state index contributed by atoms with van der Waals surface area (Å²) >= 11 is 0. The van der Waals surface area contributed by atoms with E-state index >= 15 is 0 Å². The van der Waals surface area contributed by atoms with Crippen molar-refractivity contribution in [2.24, 2.45) is 0 Å². The number of fused-ring (bicyclic) bond motifs is 2. The van der Waals surface area contributed by atoms with Crippen molar-refractivity contribution in [3.05, 3.63) is 65.7 Å². The van der Waals surface area contributed by atoms with Crippen molar-refractivity contribution in [3.8, 4) is 0 Å². The van der Waals surface area contributed by atoms with Gasteiger partial charge in [0.05, 0.1) is 5.41 Å². The smallest absolute Gasteiger partial charge is 0.253 e. The Morgan fingerprint density at radius 3 is 2.59 bits per heavy atom. The van der Waals surface area contributed by atoms with Crippen molar-refractivity contribution in [2.75, 3.05) is 18.4 Å².